The fraction of sp³-hybridized carbons (Fsp3) is 0.100. The van der Waals surface area contributed by atoms with Crippen molar-refractivity contribution in [3.8, 4) is 11.4 Å². The summed E-state index contributed by atoms with van der Waals surface area (Å²) in [5.41, 5.74) is 0.862. The molecule has 0 fully saturated rings. The quantitative estimate of drug-likeness (QED) is 0.763. The van der Waals surface area contributed by atoms with Gasteiger partial charge in [0.2, 0.25) is 0 Å². The minimum atomic E-state index is 0.249. The SMILES string of the molecule is COc1ccc(Cl)c(-n2cc(C=O)nn2)c1. The molecule has 0 atom stereocenters. The number of carbonyl (C=O) groups excluding carboxylic acids is 1. The van der Waals surface area contributed by atoms with Crippen LogP contribution >= 0.6 is 11.6 Å². The molecule has 0 bridgehead atoms. The molecule has 0 saturated heterocycles. The van der Waals surface area contributed by atoms with Crippen LogP contribution < -0.4 is 4.74 Å². The van der Waals surface area contributed by atoms with Crippen molar-refractivity contribution in [2.75, 3.05) is 7.11 Å². The molecule has 0 aliphatic heterocycles. The number of aldehydes is 1. The Labute approximate surface area is 96.6 Å². The molecule has 82 valence electrons. The van der Waals surface area contributed by atoms with E-state index < -0.39 is 0 Å². The van der Waals surface area contributed by atoms with Crippen LogP contribution in [0.4, 0.5) is 0 Å². The maximum absolute atomic E-state index is 10.5. The van der Waals surface area contributed by atoms with Crippen LogP contribution in [0.3, 0.4) is 0 Å². The van der Waals surface area contributed by atoms with E-state index in [4.69, 9.17) is 16.3 Å². The summed E-state index contributed by atoms with van der Waals surface area (Å²) < 4.78 is 6.50. The van der Waals surface area contributed by atoms with Gasteiger partial charge in [-0.3, -0.25) is 4.79 Å². The van der Waals surface area contributed by atoms with Crippen LogP contribution in [-0.2, 0) is 0 Å². The lowest BCUT2D eigenvalue weighted by atomic mass is 10.3. The first-order valence-corrected chi connectivity index (χ1v) is 4.84. The molecular weight excluding hydrogens is 230 g/mol. The molecule has 0 N–H and O–H groups in total. The molecule has 0 spiro atoms. The standard InChI is InChI=1S/C10H8ClN3O2/c1-16-8-2-3-9(11)10(4-8)14-5-7(6-15)12-13-14/h2-6H,1H3. The minimum absolute atomic E-state index is 0.249. The number of ether oxygens (including phenoxy) is 1. The summed E-state index contributed by atoms with van der Waals surface area (Å²) in [5.74, 6) is 0.655. The predicted octanol–water partition coefficient (Wildman–Crippen LogP) is 1.74. The second kappa shape index (κ2) is 4.32. The van der Waals surface area contributed by atoms with E-state index in [1.807, 2.05) is 0 Å². The number of halogens is 1. The van der Waals surface area contributed by atoms with Gasteiger partial charge in [-0.15, -0.1) is 5.10 Å². The molecule has 1 aromatic carbocycles. The Kier molecular flexibility index (Phi) is 2.87. The number of hydrogen-bond acceptors (Lipinski definition) is 4. The summed E-state index contributed by atoms with van der Waals surface area (Å²) in [4.78, 5) is 10.5. The summed E-state index contributed by atoms with van der Waals surface area (Å²) in [6.07, 6.45) is 2.12. The van der Waals surface area contributed by atoms with Crippen molar-refractivity contribution >= 4 is 17.9 Å². The minimum Gasteiger partial charge on any atom is -0.497 e. The van der Waals surface area contributed by atoms with Crippen LogP contribution in [0.1, 0.15) is 10.5 Å². The fourth-order valence-corrected chi connectivity index (χ4v) is 1.45. The number of methoxy groups -OCH3 is 1. The first-order chi connectivity index (χ1) is 7.74. The van der Waals surface area contributed by atoms with Gasteiger partial charge in [0.05, 0.1) is 24.0 Å². The van der Waals surface area contributed by atoms with Crippen LogP contribution in [0.25, 0.3) is 5.69 Å². The largest absolute Gasteiger partial charge is 0.497 e. The molecule has 0 unspecified atom stereocenters. The lowest BCUT2D eigenvalue weighted by Crippen LogP contribution is -1.96. The number of rotatable bonds is 3. The molecule has 0 aliphatic carbocycles. The van der Waals surface area contributed by atoms with Gasteiger partial charge >= 0.3 is 0 Å². The Balaban J connectivity index is 2.49. The van der Waals surface area contributed by atoms with Gasteiger partial charge in [0, 0.05) is 6.07 Å². The van der Waals surface area contributed by atoms with E-state index >= 15 is 0 Å². The van der Waals surface area contributed by atoms with Crippen molar-refractivity contribution in [2.45, 2.75) is 0 Å². The number of nitrogens with zero attached hydrogens (tertiary/aromatic N) is 3. The summed E-state index contributed by atoms with van der Waals surface area (Å²) in [6, 6.07) is 5.15. The van der Waals surface area contributed by atoms with Crippen molar-refractivity contribution < 1.29 is 9.53 Å². The Hall–Kier alpha value is -1.88. The Morgan fingerprint density at radius 3 is 2.94 bits per heavy atom. The molecule has 1 aromatic heterocycles. The van der Waals surface area contributed by atoms with E-state index in [1.165, 1.54) is 10.9 Å². The van der Waals surface area contributed by atoms with Crippen LogP contribution in [0.15, 0.2) is 24.4 Å². The van der Waals surface area contributed by atoms with E-state index in [9.17, 15) is 4.79 Å². The third-order valence-electron chi connectivity index (χ3n) is 2.03. The topological polar surface area (TPSA) is 57.0 Å². The van der Waals surface area contributed by atoms with Gasteiger partial charge in [0.25, 0.3) is 0 Å². The maximum Gasteiger partial charge on any atom is 0.171 e. The third kappa shape index (κ3) is 1.90. The second-order valence-corrected chi connectivity index (χ2v) is 3.43. The van der Waals surface area contributed by atoms with Crippen molar-refractivity contribution in [1.82, 2.24) is 15.0 Å². The van der Waals surface area contributed by atoms with Crippen LogP contribution in [0, 0.1) is 0 Å². The highest BCUT2D eigenvalue weighted by Gasteiger charge is 2.07. The van der Waals surface area contributed by atoms with Crippen LogP contribution in [-0.4, -0.2) is 28.4 Å². The fourth-order valence-electron chi connectivity index (χ4n) is 1.24. The summed E-state index contributed by atoms with van der Waals surface area (Å²) in [5, 5.41) is 7.94. The average Bonchev–Trinajstić information content (AvgIpc) is 2.78. The highest BCUT2D eigenvalue weighted by molar-refractivity contribution is 6.32. The molecule has 0 amide bonds. The van der Waals surface area contributed by atoms with E-state index in [0.717, 1.165) is 0 Å². The van der Waals surface area contributed by atoms with Gasteiger partial charge in [0.15, 0.2) is 6.29 Å². The van der Waals surface area contributed by atoms with E-state index in [0.29, 0.717) is 22.7 Å². The number of benzene rings is 1. The van der Waals surface area contributed by atoms with E-state index in [-0.39, 0.29) is 5.69 Å². The molecule has 0 radical (unpaired) electrons. The Morgan fingerprint density at radius 2 is 2.31 bits per heavy atom. The molecule has 0 saturated carbocycles. The molecular formula is C10H8ClN3O2. The first kappa shape index (κ1) is 10.6. The number of hydrogen-bond donors (Lipinski definition) is 0. The number of aromatic nitrogens is 3. The molecule has 16 heavy (non-hydrogen) atoms. The Bertz CT molecular complexity index is 525. The maximum atomic E-state index is 10.5. The lowest BCUT2D eigenvalue weighted by Gasteiger charge is -2.05. The van der Waals surface area contributed by atoms with Gasteiger partial charge in [-0.2, -0.15) is 0 Å². The lowest BCUT2D eigenvalue weighted by molar-refractivity contribution is 0.111. The van der Waals surface area contributed by atoms with Crippen LogP contribution in [0.2, 0.25) is 5.02 Å². The van der Waals surface area contributed by atoms with Gasteiger partial charge < -0.3 is 4.74 Å². The van der Waals surface area contributed by atoms with Gasteiger partial charge in [-0.1, -0.05) is 16.8 Å². The zero-order valence-electron chi connectivity index (χ0n) is 8.42. The molecule has 2 aromatic rings. The van der Waals surface area contributed by atoms with Gasteiger partial charge in [0.1, 0.15) is 11.4 Å². The van der Waals surface area contributed by atoms with Crippen LogP contribution in [0.5, 0.6) is 5.75 Å². The summed E-state index contributed by atoms with van der Waals surface area (Å²) in [6.45, 7) is 0. The Morgan fingerprint density at radius 1 is 1.50 bits per heavy atom. The first-order valence-electron chi connectivity index (χ1n) is 4.46. The normalized spacial score (nSPS) is 10.1. The predicted molar refractivity (Wildman–Crippen MR) is 58.3 cm³/mol. The van der Waals surface area contributed by atoms with E-state index in [2.05, 4.69) is 10.3 Å². The number of carbonyl (C=O) groups is 1. The highest BCUT2D eigenvalue weighted by Crippen LogP contribution is 2.24. The zero-order chi connectivity index (χ0) is 11.5. The summed E-state index contributed by atoms with van der Waals surface area (Å²) in [7, 11) is 1.56. The van der Waals surface area contributed by atoms with E-state index in [1.54, 1.807) is 25.3 Å². The van der Waals surface area contributed by atoms with Crippen molar-refractivity contribution in [2.24, 2.45) is 0 Å². The summed E-state index contributed by atoms with van der Waals surface area (Å²) >= 11 is 6.01. The van der Waals surface area contributed by atoms with Gasteiger partial charge in [-0.25, -0.2) is 4.68 Å². The third-order valence-corrected chi connectivity index (χ3v) is 2.35. The highest BCUT2D eigenvalue weighted by atomic mass is 35.5. The van der Waals surface area contributed by atoms with Crippen molar-refractivity contribution in [3.05, 3.63) is 35.1 Å². The monoisotopic (exact) mass is 237 g/mol. The molecule has 1 heterocycles. The van der Waals surface area contributed by atoms with Crippen molar-refractivity contribution in [1.29, 1.82) is 0 Å². The second-order valence-electron chi connectivity index (χ2n) is 3.02. The zero-order valence-corrected chi connectivity index (χ0v) is 9.18. The van der Waals surface area contributed by atoms with Gasteiger partial charge in [-0.05, 0) is 12.1 Å². The molecule has 6 heteroatoms. The van der Waals surface area contributed by atoms with Crippen molar-refractivity contribution in [3.63, 3.8) is 0 Å². The molecule has 0 aliphatic rings. The molecule has 2 rings (SSSR count). The average molecular weight is 238 g/mol. The smallest absolute Gasteiger partial charge is 0.171 e. The molecule has 5 nitrogen and oxygen atoms in total.